The van der Waals surface area contributed by atoms with E-state index >= 15 is 0 Å². The van der Waals surface area contributed by atoms with Crippen LogP contribution in [0.15, 0.2) is 41.5 Å². The molecule has 8 heteroatoms. The highest BCUT2D eigenvalue weighted by atomic mass is 16.3. The van der Waals surface area contributed by atoms with Gasteiger partial charge in [0.2, 0.25) is 5.89 Å². The molecule has 1 amide bonds. The summed E-state index contributed by atoms with van der Waals surface area (Å²) in [6.07, 6.45) is 7.27. The Morgan fingerprint density at radius 3 is 3.20 bits per heavy atom. The second-order valence-corrected chi connectivity index (χ2v) is 6.25. The normalized spacial score (nSPS) is 18.0. The van der Waals surface area contributed by atoms with Crippen LogP contribution in [0.5, 0.6) is 0 Å². The van der Waals surface area contributed by atoms with E-state index in [1.807, 2.05) is 22.7 Å². The Morgan fingerprint density at radius 2 is 2.36 bits per heavy atom. The van der Waals surface area contributed by atoms with Crippen molar-refractivity contribution in [3.63, 3.8) is 0 Å². The van der Waals surface area contributed by atoms with Gasteiger partial charge in [-0.25, -0.2) is 9.97 Å². The SMILES string of the molecule is O=C(NCc1ccc2cncn2c1)c1coc(CN2CC[C@H](O)C2)n1. The van der Waals surface area contributed by atoms with Crippen molar-refractivity contribution in [3.05, 3.63) is 54.3 Å². The maximum atomic E-state index is 12.2. The Hall–Kier alpha value is -2.71. The first-order valence-electron chi connectivity index (χ1n) is 8.21. The number of carbonyl (C=O) groups excluding carboxylic acids is 1. The maximum absolute atomic E-state index is 12.2. The molecule has 0 aromatic carbocycles. The third kappa shape index (κ3) is 3.54. The molecule has 1 aliphatic heterocycles. The average molecular weight is 341 g/mol. The van der Waals surface area contributed by atoms with Crippen LogP contribution in [-0.4, -0.2) is 49.5 Å². The van der Waals surface area contributed by atoms with E-state index in [2.05, 4.69) is 20.2 Å². The summed E-state index contributed by atoms with van der Waals surface area (Å²) in [6.45, 7) is 2.32. The Morgan fingerprint density at radius 1 is 1.44 bits per heavy atom. The van der Waals surface area contributed by atoms with Crippen molar-refractivity contribution in [3.8, 4) is 0 Å². The number of β-amino-alcohol motifs (C(OH)–C–C–N with tert-alkyl or cyclic N) is 1. The fraction of sp³-hybridized carbons (Fsp3) is 0.353. The maximum Gasteiger partial charge on any atom is 0.273 e. The third-order valence-electron chi connectivity index (χ3n) is 4.31. The number of rotatable bonds is 5. The number of imidazole rings is 1. The number of likely N-dealkylation sites (tertiary alicyclic amines) is 1. The van der Waals surface area contributed by atoms with Crippen LogP contribution in [0, 0.1) is 0 Å². The second kappa shape index (κ2) is 6.66. The Balaban J connectivity index is 1.34. The van der Waals surface area contributed by atoms with Crippen LogP contribution in [0.2, 0.25) is 0 Å². The highest BCUT2D eigenvalue weighted by Crippen LogP contribution is 2.13. The van der Waals surface area contributed by atoms with Gasteiger partial charge in [0.25, 0.3) is 5.91 Å². The zero-order valence-electron chi connectivity index (χ0n) is 13.6. The van der Waals surface area contributed by atoms with Crippen LogP contribution in [0.4, 0.5) is 0 Å². The number of amides is 1. The lowest BCUT2D eigenvalue weighted by atomic mass is 10.2. The summed E-state index contributed by atoms with van der Waals surface area (Å²) in [5.74, 6) is 0.210. The van der Waals surface area contributed by atoms with E-state index in [4.69, 9.17) is 4.42 Å². The lowest BCUT2D eigenvalue weighted by molar-refractivity contribution is 0.0945. The molecule has 8 nitrogen and oxygen atoms in total. The van der Waals surface area contributed by atoms with E-state index in [0.29, 0.717) is 25.5 Å². The fourth-order valence-corrected chi connectivity index (χ4v) is 2.98. The molecule has 0 spiro atoms. The van der Waals surface area contributed by atoms with Crippen molar-refractivity contribution in [2.24, 2.45) is 0 Å². The molecule has 2 N–H and O–H groups in total. The third-order valence-corrected chi connectivity index (χ3v) is 4.31. The summed E-state index contributed by atoms with van der Waals surface area (Å²) in [5, 5.41) is 12.4. The molecule has 4 heterocycles. The molecule has 0 unspecified atom stereocenters. The topological polar surface area (TPSA) is 95.9 Å². The minimum atomic E-state index is -0.287. The van der Waals surface area contributed by atoms with Crippen LogP contribution >= 0.6 is 0 Å². The summed E-state index contributed by atoms with van der Waals surface area (Å²) < 4.78 is 7.28. The zero-order chi connectivity index (χ0) is 17.2. The van der Waals surface area contributed by atoms with Gasteiger partial charge in [-0.05, 0) is 18.1 Å². The molecule has 0 aliphatic carbocycles. The number of nitrogens with zero attached hydrogens (tertiary/aromatic N) is 4. The summed E-state index contributed by atoms with van der Waals surface area (Å²) in [7, 11) is 0. The van der Waals surface area contributed by atoms with Gasteiger partial charge in [-0.3, -0.25) is 9.69 Å². The number of pyridine rings is 1. The first-order chi connectivity index (χ1) is 12.2. The molecule has 0 saturated carbocycles. The number of aromatic nitrogens is 3. The number of fused-ring (bicyclic) bond motifs is 1. The van der Waals surface area contributed by atoms with Gasteiger partial charge in [0.15, 0.2) is 5.69 Å². The van der Waals surface area contributed by atoms with E-state index in [-0.39, 0.29) is 17.7 Å². The molecule has 1 atom stereocenters. The van der Waals surface area contributed by atoms with Crippen LogP contribution in [0.25, 0.3) is 5.52 Å². The van der Waals surface area contributed by atoms with Gasteiger partial charge >= 0.3 is 0 Å². The van der Waals surface area contributed by atoms with Gasteiger partial charge in [0.1, 0.15) is 6.26 Å². The van der Waals surface area contributed by atoms with Gasteiger partial charge in [0.05, 0.1) is 30.7 Å². The lowest BCUT2D eigenvalue weighted by Gasteiger charge is -2.11. The predicted octanol–water partition coefficient (Wildman–Crippen LogP) is 0.819. The number of nitrogens with one attached hydrogen (secondary N) is 1. The average Bonchev–Trinajstić information content (AvgIpc) is 3.33. The van der Waals surface area contributed by atoms with Gasteiger partial charge in [-0.1, -0.05) is 6.07 Å². The van der Waals surface area contributed by atoms with Crippen molar-refractivity contribution in [1.29, 1.82) is 0 Å². The first kappa shape index (κ1) is 15.8. The van der Waals surface area contributed by atoms with E-state index in [9.17, 15) is 9.90 Å². The zero-order valence-corrected chi connectivity index (χ0v) is 13.6. The van der Waals surface area contributed by atoms with Crippen molar-refractivity contribution in [2.75, 3.05) is 13.1 Å². The number of aliphatic hydroxyl groups is 1. The first-order valence-corrected chi connectivity index (χ1v) is 8.21. The monoisotopic (exact) mass is 341 g/mol. The molecule has 1 aliphatic rings. The summed E-state index contributed by atoms with van der Waals surface area (Å²) >= 11 is 0. The minimum Gasteiger partial charge on any atom is -0.447 e. The molecular weight excluding hydrogens is 322 g/mol. The minimum absolute atomic E-state index is 0.262. The van der Waals surface area contributed by atoms with Crippen molar-refractivity contribution in [1.82, 2.24) is 24.6 Å². The summed E-state index contributed by atoms with van der Waals surface area (Å²) in [6, 6.07) is 3.90. The van der Waals surface area contributed by atoms with Crippen LogP contribution in [0.3, 0.4) is 0 Å². The predicted molar refractivity (Wildman–Crippen MR) is 88.8 cm³/mol. The molecule has 3 aromatic rings. The highest BCUT2D eigenvalue weighted by Gasteiger charge is 2.22. The second-order valence-electron chi connectivity index (χ2n) is 6.25. The number of carbonyl (C=O) groups is 1. The summed E-state index contributed by atoms with van der Waals surface area (Å²) in [5.41, 5.74) is 2.23. The van der Waals surface area contributed by atoms with Gasteiger partial charge in [0, 0.05) is 25.8 Å². The van der Waals surface area contributed by atoms with Gasteiger partial charge in [-0.15, -0.1) is 0 Å². The molecule has 1 saturated heterocycles. The Labute approximate surface area is 144 Å². The number of oxazole rings is 1. The molecule has 0 bridgehead atoms. The van der Waals surface area contributed by atoms with Crippen molar-refractivity contribution >= 4 is 11.4 Å². The van der Waals surface area contributed by atoms with E-state index in [1.165, 1.54) is 6.26 Å². The fourth-order valence-electron chi connectivity index (χ4n) is 2.98. The van der Waals surface area contributed by atoms with E-state index in [1.54, 1.807) is 12.5 Å². The molecule has 25 heavy (non-hydrogen) atoms. The highest BCUT2D eigenvalue weighted by molar-refractivity contribution is 5.91. The van der Waals surface area contributed by atoms with E-state index in [0.717, 1.165) is 24.0 Å². The van der Waals surface area contributed by atoms with Crippen molar-refractivity contribution in [2.45, 2.75) is 25.6 Å². The largest absolute Gasteiger partial charge is 0.447 e. The molecule has 1 fully saturated rings. The molecule has 130 valence electrons. The molecule has 0 radical (unpaired) electrons. The number of hydrogen-bond acceptors (Lipinski definition) is 6. The number of aliphatic hydroxyl groups excluding tert-OH is 1. The smallest absolute Gasteiger partial charge is 0.273 e. The molecular formula is C17H19N5O3. The number of hydrogen-bond donors (Lipinski definition) is 2. The van der Waals surface area contributed by atoms with Crippen LogP contribution in [0.1, 0.15) is 28.4 Å². The van der Waals surface area contributed by atoms with Crippen LogP contribution in [-0.2, 0) is 13.1 Å². The summed E-state index contributed by atoms with van der Waals surface area (Å²) in [4.78, 5) is 22.6. The standard InChI is InChI=1S/C17H19N5O3/c23-14-3-4-21(8-14)9-16-20-15(10-25-16)17(24)19-5-12-1-2-13-6-18-11-22(13)7-12/h1-2,6-7,10-11,14,23H,3-5,8-9H2,(H,19,24)/t14-/m0/s1. The molecule has 4 rings (SSSR count). The molecule has 3 aromatic heterocycles. The van der Waals surface area contributed by atoms with Gasteiger partial charge in [-0.2, -0.15) is 0 Å². The van der Waals surface area contributed by atoms with Crippen LogP contribution < -0.4 is 5.32 Å². The lowest BCUT2D eigenvalue weighted by Crippen LogP contribution is -2.24. The van der Waals surface area contributed by atoms with Crippen molar-refractivity contribution < 1.29 is 14.3 Å². The Kier molecular flexibility index (Phi) is 4.21. The van der Waals surface area contributed by atoms with E-state index < -0.39 is 0 Å². The quantitative estimate of drug-likeness (QED) is 0.713. The van der Waals surface area contributed by atoms with Gasteiger partial charge < -0.3 is 19.2 Å². The Bertz CT molecular complexity index is 887.